The zero-order valence-electron chi connectivity index (χ0n) is 17.3. The predicted octanol–water partition coefficient (Wildman–Crippen LogP) is 3.53. The van der Waals surface area contributed by atoms with E-state index in [1.165, 1.54) is 30.9 Å². The topological polar surface area (TPSA) is 130 Å². The average molecular weight is 485 g/mol. The number of esters is 2. The number of thiazole rings is 1. The fourth-order valence-corrected chi connectivity index (χ4v) is 5.14. The Morgan fingerprint density at radius 1 is 1.03 bits per heavy atom. The summed E-state index contributed by atoms with van der Waals surface area (Å²) in [5.74, 6) is -1.61. The summed E-state index contributed by atoms with van der Waals surface area (Å²) in [4.78, 5) is 52.0. The van der Waals surface area contributed by atoms with Crippen LogP contribution in [0.1, 0.15) is 20.0 Å². The first-order chi connectivity index (χ1) is 15.8. The highest BCUT2D eigenvalue weighted by Gasteiger charge is 2.17. The van der Waals surface area contributed by atoms with E-state index in [0.717, 1.165) is 22.7 Å². The van der Waals surface area contributed by atoms with Gasteiger partial charge in [0, 0.05) is 22.2 Å². The summed E-state index contributed by atoms with van der Waals surface area (Å²) in [6.45, 7) is -0.182. The zero-order chi connectivity index (χ0) is 23.7. The smallest absolute Gasteiger partial charge is 0.337 e. The Morgan fingerprint density at radius 2 is 1.82 bits per heavy atom. The molecule has 0 aliphatic heterocycles. The van der Waals surface area contributed by atoms with Gasteiger partial charge in [0.25, 0.3) is 11.6 Å². The Labute approximate surface area is 193 Å². The lowest BCUT2D eigenvalue weighted by atomic mass is 10.2. The average Bonchev–Trinajstić information content (AvgIpc) is 3.38. The lowest BCUT2D eigenvalue weighted by Crippen LogP contribution is -2.22. The van der Waals surface area contributed by atoms with Crippen molar-refractivity contribution in [3.8, 4) is 0 Å². The molecule has 4 rings (SSSR count). The van der Waals surface area contributed by atoms with Crippen LogP contribution in [0.15, 0.2) is 47.5 Å². The molecular formula is C21H15N3O7S2. The molecule has 0 bridgehead atoms. The lowest BCUT2D eigenvalue weighted by Gasteiger charge is -2.04. The summed E-state index contributed by atoms with van der Waals surface area (Å²) >= 11 is 2.29. The molecule has 0 saturated heterocycles. The van der Waals surface area contributed by atoms with Gasteiger partial charge in [-0.25, -0.2) is 4.79 Å². The van der Waals surface area contributed by atoms with Crippen molar-refractivity contribution in [1.29, 1.82) is 0 Å². The monoisotopic (exact) mass is 485 g/mol. The molecule has 0 aliphatic rings. The molecule has 0 saturated carbocycles. The van der Waals surface area contributed by atoms with Crippen LogP contribution in [0, 0.1) is 10.1 Å². The molecule has 2 aromatic heterocycles. The molecule has 2 heterocycles. The fraction of sp³-hybridized carbons (Fsp3) is 0.143. The minimum absolute atomic E-state index is 0.0712. The van der Waals surface area contributed by atoms with Gasteiger partial charge < -0.3 is 14.0 Å². The summed E-state index contributed by atoms with van der Waals surface area (Å²) in [6.07, 6.45) is 0. The number of hydrogen-bond donors (Lipinski definition) is 0. The predicted molar refractivity (Wildman–Crippen MR) is 122 cm³/mol. The van der Waals surface area contributed by atoms with E-state index < -0.39 is 22.8 Å². The molecule has 0 radical (unpaired) electrons. The number of ether oxygens (including phenoxy) is 2. The first-order valence-corrected chi connectivity index (χ1v) is 11.0. The second-order valence-electron chi connectivity index (χ2n) is 6.73. The third kappa shape index (κ3) is 4.38. The Kier molecular flexibility index (Phi) is 6.03. The number of nitro groups is 1. The maximum absolute atomic E-state index is 12.9. The molecule has 0 N–H and O–H groups in total. The molecule has 10 nitrogen and oxygen atoms in total. The van der Waals surface area contributed by atoms with Gasteiger partial charge in [0.2, 0.25) is 0 Å². The number of fused-ring (bicyclic) bond motifs is 2. The van der Waals surface area contributed by atoms with Gasteiger partial charge in [-0.15, -0.1) is 11.3 Å². The second-order valence-corrected chi connectivity index (χ2v) is 8.82. The van der Waals surface area contributed by atoms with Crippen LogP contribution >= 0.6 is 22.7 Å². The van der Waals surface area contributed by atoms with E-state index in [2.05, 4.69) is 4.99 Å². The number of hydrogen-bond acceptors (Lipinski definition) is 9. The Hall–Kier alpha value is -3.90. The van der Waals surface area contributed by atoms with Gasteiger partial charge in [-0.05, 0) is 30.3 Å². The van der Waals surface area contributed by atoms with E-state index in [1.807, 2.05) is 0 Å². The molecular weight excluding hydrogens is 470 g/mol. The van der Waals surface area contributed by atoms with Crippen molar-refractivity contribution in [2.75, 3.05) is 14.2 Å². The summed E-state index contributed by atoms with van der Waals surface area (Å²) < 4.78 is 12.4. The SMILES string of the molecule is COC(=O)Cn1c(=NC(=O)c2cc3cc([N+](=O)[O-])ccc3s2)sc2cc(C(=O)OC)ccc21. The summed E-state index contributed by atoms with van der Waals surface area (Å²) in [5.41, 5.74) is 0.843. The molecule has 0 spiro atoms. The van der Waals surface area contributed by atoms with Crippen molar-refractivity contribution >= 4 is 66.5 Å². The molecule has 33 heavy (non-hydrogen) atoms. The number of non-ortho nitro benzene ring substituents is 1. The van der Waals surface area contributed by atoms with Crippen LogP contribution in [-0.4, -0.2) is 41.6 Å². The van der Waals surface area contributed by atoms with Gasteiger partial charge in [0.05, 0.1) is 39.8 Å². The Balaban J connectivity index is 1.81. The van der Waals surface area contributed by atoms with Crippen LogP contribution in [0.5, 0.6) is 0 Å². The van der Waals surface area contributed by atoms with Gasteiger partial charge in [0.15, 0.2) is 4.80 Å². The first-order valence-electron chi connectivity index (χ1n) is 9.36. The zero-order valence-corrected chi connectivity index (χ0v) is 18.9. The highest BCUT2D eigenvalue weighted by atomic mass is 32.1. The number of rotatable bonds is 5. The number of amides is 1. The van der Waals surface area contributed by atoms with Gasteiger partial charge in [-0.3, -0.25) is 19.7 Å². The molecule has 0 aliphatic carbocycles. The van der Waals surface area contributed by atoms with Crippen LogP contribution in [0.3, 0.4) is 0 Å². The van der Waals surface area contributed by atoms with Crippen LogP contribution in [-0.2, 0) is 20.8 Å². The molecule has 2 aromatic carbocycles. The second kappa shape index (κ2) is 8.92. The highest BCUT2D eigenvalue weighted by molar-refractivity contribution is 7.21. The van der Waals surface area contributed by atoms with Crippen LogP contribution < -0.4 is 4.80 Å². The van der Waals surface area contributed by atoms with Crippen LogP contribution in [0.4, 0.5) is 5.69 Å². The van der Waals surface area contributed by atoms with Crippen molar-refractivity contribution in [1.82, 2.24) is 4.57 Å². The largest absolute Gasteiger partial charge is 0.468 e. The molecule has 0 atom stereocenters. The van der Waals surface area contributed by atoms with E-state index in [0.29, 0.717) is 30.7 Å². The van der Waals surface area contributed by atoms with Gasteiger partial charge in [-0.1, -0.05) is 11.3 Å². The van der Waals surface area contributed by atoms with Gasteiger partial charge >= 0.3 is 11.9 Å². The summed E-state index contributed by atoms with van der Waals surface area (Å²) in [7, 11) is 2.53. The van der Waals surface area contributed by atoms with Crippen LogP contribution in [0.2, 0.25) is 0 Å². The van der Waals surface area contributed by atoms with Crippen molar-refractivity contribution < 1.29 is 28.8 Å². The van der Waals surface area contributed by atoms with Gasteiger partial charge in [-0.2, -0.15) is 4.99 Å². The number of aromatic nitrogens is 1. The number of carbonyl (C=O) groups excluding carboxylic acids is 3. The number of methoxy groups -OCH3 is 2. The first kappa shape index (κ1) is 22.3. The minimum Gasteiger partial charge on any atom is -0.468 e. The van der Waals surface area contributed by atoms with Crippen molar-refractivity contribution in [2.45, 2.75) is 6.54 Å². The van der Waals surface area contributed by atoms with Crippen molar-refractivity contribution in [3.63, 3.8) is 0 Å². The summed E-state index contributed by atoms with van der Waals surface area (Å²) in [6, 6.07) is 10.7. The number of benzene rings is 2. The molecule has 168 valence electrons. The third-order valence-electron chi connectivity index (χ3n) is 4.74. The molecule has 1 amide bonds. The van der Waals surface area contributed by atoms with E-state index in [1.54, 1.807) is 30.3 Å². The number of carbonyl (C=O) groups is 3. The maximum atomic E-state index is 12.9. The van der Waals surface area contributed by atoms with E-state index in [9.17, 15) is 24.5 Å². The molecule has 0 unspecified atom stereocenters. The fourth-order valence-electron chi connectivity index (χ4n) is 3.14. The van der Waals surface area contributed by atoms with Gasteiger partial charge in [0.1, 0.15) is 6.54 Å². The number of nitro benzene ring substituents is 1. The lowest BCUT2D eigenvalue weighted by molar-refractivity contribution is -0.384. The summed E-state index contributed by atoms with van der Waals surface area (Å²) in [5, 5.41) is 11.6. The third-order valence-corrected chi connectivity index (χ3v) is 6.88. The minimum atomic E-state index is -0.558. The molecule has 12 heteroatoms. The van der Waals surface area contributed by atoms with E-state index in [4.69, 9.17) is 9.47 Å². The van der Waals surface area contributed by atoms with Crippen LogP contribution in [0.25, 0.3) is 20.3 Å². The highest BCUT2D eigenvalue weighted by Crippen LogP contribution is 2.29. The quantitative estimate of drug-likeness (QED) is 0.240. The Morgan fingerprint density at radius 3 is 2.52 bits per heavy atom. The van der Waals surface area contributed by atoms with E-state index in [-0.39, 0.29) is 17.0 Å². The number of thiophene rings is 1. The van der Waals surface area contributed by atoms with Crippen molar-refractivity contribution in [2.24, 2.45) is 4.99 Å². The number of nitrogens with zero attached hydrogens (tertiary/aromatic N) is 3. The molecule has 4 aromatic rings. The van der Waals surface area contributed by atoms with Crippen molar-refractivity contribution in [3.05, 3.63) is 67.8 Å². The molecule has 0 fully saturated rings. The normalized spacial score (nSPS) is 11.6. The maximum Gasteiger partial charge on any atom is 0.337 e. The van der Waals surface area contributed by atoms with E-state index >= 15 is 0 Å². The Bertz CT molecular complexity index is 1510. The standard InChI is InChI=1S/C21H15N3O7S2/c1-30-18(25)10-23-14-5-3-11(20(27)31-2)8-16(14)33-21(23)22-19(26)17-9-12-7-13(24(28)29)4-6-15(12)32-17/h3-9H,10H2,1-2H3.